The van der Waals surface area contributed by atoms with E-state index in [0.29, 0.717) is 31.6 Å². The predicted molar refractivity (Wildman–Crippen MR) is 129 cm³/mol. The van der Waals surface area contributed by atoms with Crippen LogP contribution in [0, 0.1) is 5.82 Å². The van der Waals surface area contributed by atoms with E-state index in [1.807, 2.05) is 20.8 Å². The highest BCUT2D eigenvalue weighted by atomic mass is 28.4. The van der Waals surface area contributed by atoms with Crippen LogP contribution in [0.5, 0.6) is 0 Å². The van der Waals surface area contributed by atoms with E-state index in [2.05, 4.69) is 33.9 Å². The van der Waals surface area contributed by atoms with Crippen molar-refractivity contribution < 1.29 is 23.5 Å². The van der Waals surface area contributed by atoms with Gasteiger partial charge in [-0.05, 0) is 87.8 Å². The maximum absolute atomic E-state index is 14.1. The summed E-state index contributed by atoms with van der Waals surface area (Å²) in [6.45, 7) is 17.7. The molecule has 0 saturated carbocycles. The third-order valence-electron chi connectivity index (χ3n) is 6.58. The summed E-state index contributed by atoms with van der Waals surface area (Å²) in [7, 11) is -1.82. The number of carbonyl (C=O) groups is 1. The number of ether oxygens (including phenoxy) is 1. The lowest BCUT2D eigenvalue weighted by atomic mass is 9.93. The van der Waals surface area contributed by atoms with Crippen molar-refractivity contribution in [3.63, 3.8) is 0 Å². The van der Waals surface area contributed by atoms with Gasteiger partial charge in [0.05, 0.1) is 12.1 Å². The lowest BCUT2D eigenvalue weighted by Crippen LogP contribution is -2.42. The van der Waals surface area contributed by atoms with Gasteiger partial charge in [0.25, 0.3) is 0 Å². The van der Waals surface area contributed by atoms with Crippen molar-refractivity contribution >= 4 is 14.4 Å². The van der Waals surface area contributed by atoms with E-state index in [-0.39, 0.29) is 10.9 Å². The van der Waals surface area contributed by atoms with Crippen LogP contribution < -0.4 is 0 Å². The van der Waals surface area contributed by atoms with Gasteiger partial charge in [-0.25, -0.2) is 9.18 Å². The summed E-state index contributed by atoms with van der Waals surface area (Å²) in [5.74, 6) is -0.387. The topological polar surface area (TPSA) is 59.0 Å². The van der Waals surface area contributed by atoms with E-state index < -0.39 is 32.2 Å². The van der Waals surface area contributed by atoms with Crippen molar-refractivity contribution in [3.8, 4) is 0 Å². The highest BCUT2D eigenvalue weighted by Gasteiger charge is 2.38. The molecule has 1 aromatic rings. The van der Waals surface area contributed by atoms with Crippen LogP contribution in [0.25, 0.3) is 0 Å². The molecular formula is C25H42FNO4Si. The molecule has 182 valence electrons. The summed E-state index contributed by atoms with van der Waals surface area (Å²) >= 11 is 0. The lowest BCUT2D eigenvalue weighted by Gasteiger charge is -2.36. The molecule has 1 N–H and O–H groups in total. The zero-order chi connectivity index (χ0) is 24.3. The number of aliphatic hydroxyl groups is 1. The van der Waals surface area contributed by atoms with Crippen molar-refractivity contribution in [1.82, 2.24) is 4.90 Å². The largest absolute Gasteiger partial charge is 0.444 e. The number of nitrogens with zero attached hydrogens (tertiary/aromatic N) is 1. The second-order valence-corrected chi connectivity index (χ2v) is 16.2. The van der Waals surface area contributed by atoms with Crippen LogP contribution >= 0.6 is 0 Å². The predicted octanol–water partition coefficient (Wildman–Crippen LogP) is 6.21. The zero-order valence-corrected chi connectivity index (χ0v) is 22.1. The lowest BCUT2D eigenvalue weighted by molar-refractivity contribution is 0.00472. The van der Waals surface area contributed by atoms with Gasteiger partial charge < -0.3 is 19.2 Å². The Balaban J connectivity index is 2.11. The number of amides is 1. The third-order valence-corrected chi connectivity index (χ3v) is 11.1. The molecule has 0 radical (unpaired) electrons. The van der Waals surface area contributed by atoms with E-state index in [0.717, 1.165) is 18.4 Å². The van der Waals surface area contributed by atoms with Gasteiger partial charge in [0.2, 0.25) is 0 Å². The smallest absolute Gasteiger partial charge is 0.410 e. The fourth-order valence-corrected chi connectivity index (χ4v) is 4.84. The Morgan fingerprint density at radius 1 is 1.25 bits per heavy atom. The molecular weight excluding hydrogens is 425 g/mol. The number of carbonyl (C=O) groups excluding carboxylic acids is 1. The Morgan fingerprint density at radius 2 is 1.91 bits per heavy atom. The van der Waals surface area contributed by atoms with Crippen LogP contribution in [-0.4, -0.2) is 49.2 Å². The summed E-state index contributed by atoms with van der Waals surface area (Å²) in [6.07, 6.45) is 1.52. The molecule has 1 aromatic carbocycles. The number of halogens is 1. The van der Waals surface area contributed by atoms with Gasteiger partial charge in [0.1, 0.15) is 11.4 Å². The van der Waals surface area contributed by atoms with Crippen molar-refractivity contribution in [2.75, 3.05) is 13.2 Å². The fourth-order valence-electron chi connectivity index (χ4n) is 3.75. The van der Waals surface area contributed by atoms with Gasteiger partial charge in [-0.15, -0.1) is 0 Å². The Labute approximate surface area is 194 Å². The molecule has 7 heteroatoms. The second-order valence-electron chi connectivity index (χ2n) is 11.4. The van der Waals surface area contributed by atoms with Crippen molar-refractivity contribution in [2.45, 2.75) is 103 Å². The fraction of sp³-hybridized carbons (Fsp3) is 0.720. The first-order valence-electron chi connectivity index (χ1n) is 11.7. The van der Waals surface area contributed by atoms with Crippen molar-refractivity contribution in [1.29, 1.82) is 0 Å². The van der Waals surface area contributed by atoms with E-state index >= 15 is 0 Å². The Bertz CT molecular complexity index is 785. The second kappa shape index (κ2) is 10.2. The average Bonchev–Trinajstić information content (AvgIpc) is 3.13. The van der Waals surface area contributed by atoms with Crippen molar-refractivity contribution in [3.05, 3.63) is 35.1 Å². The van der Waals surface area contributed by atoms with E-state index in [1.165, 1.54) is 12.1 Å². The van der Waals surface area contributed by atoms with E-state index in [9.17, 15) is 14.3 Å². The Morgan fingerprint density at radius 3 is 2.50 bits per heavy atom. The molecule has 1 heterocycles. The van der Waals surface area contributed by atoms with Gasteiger partial charge in [0, 0.05) is 13.2 Å². The summed E-state index contributed by atoms with van der Waals surface area (Å²) in [5, 5.41) is 11.3. The summed E-state index contributed by atoms with van der Waals surface area (Å²) in [4.78, 5) is 14.2. The number of hydrogen-bond acceptors (Lipinski definition) is 4. The van der Waals surface area contributed by atoms with Gasteiger partial charge in [-0.2, -0.15) is 0 Å². The quantitative estimate of drug-likeness (QED) is 0.382. The van der Waals surface area contributed by atoms with Crippen LogP contribution in [-0.2, 0) is 15.6 Å². The molecule has 1 saturated heterocycles. The van der Waals surface area contributed by atoms with Crippen LogP contribution in [0.4, 0.5) is 9.18 Å². The first-order chi connectivity index (χ1) is 14.6. The SMILES string of the molecule is CC(C)(C)OC(=O)N1CCC[C@H]1[C@@H](O)c1cc(F)ccc1CCCO[Si](C)(C)C(C)(C)C. The molecule has 2 atom stereocenters. The number of hydrogen-bond donors (Lipinski definition) is 1. The molecule has 0 bridgehead atoms. The standard InChI is InChI=1S/C25H42FNO4Si/c1-24(2,3)31-23(29)27-15-9-12-21(27)22(28)20-17-19(26)14-13-18(20)11-10-16-30-32(7,8)25(4,5)6/h13-14,17,21-22,28H,9-12,15-16H2,1-8H3/t21-,22-/m0/s1. The summed E-state index contributed by atoms with van der Waals surface area (Å²) < 4.78 is 25.9. The van der Waals surface area contributed by atoms with Gasteiger partial charge in [-0.3, -0.25) is 0 Å². The van der Waals surface area contributed by atoms with Gasteiger partial charge in [0.15, 0.2) is 8.32 Å². The number of aliphatic hydroxyl groups excluding tert-OH is 1. The molecule has 0 spiro atoms. The summed E-state index contributed by atoms with van der Waals surface area (Å²) in [5.41, 5.74) is 0.843. The molecule has 0 unspecified atom stereocenters. The van der Waals surface area contributed by atoms with Gasteiger partial charge >= 0.3 is 6.09 Å². The molecule has 0 aliphatic carbocycles. The first-order valence-corrected chi connectivity index (χ1v) is 14.6. The minimum atomic E-state index is -1.82. The Hall–Kier alpha value is -1.44. The molecule has 1 fully saturated rings. The van der Waals surface area contributed by atoms with Gasteiger partial charge in [-0.1, -0.05) is 26.8 Å². The molecule has 5 nitrogen and oxygen atoms in total. The van der Waals surface area contributed by atoms with E-state index in [1.54, 1.807) is 11.0 Å². The molecule has 1 aliphatic rings. The summed E-state index contributed by atoms with van der Waals surface area (Å²) in [6, 6.07) is 4.15. The van der Waals surface area contributed by atoms with Crippen LogP contribution in [0.2, 0.25) is 18.1 Å². The highest BCUT2D eigenvalue weighted by Crippen LogP contribution is 2.37. The molecule has 0 aromatic heterocycles. The number of rotatable bonds is 7. The monoisotopic (exact) mass is 467 g/mol. The molecule has 1 aliphatic heterocycles. The van der Waals surface area contributed by atoms with Crippen LogP contribution in [0.1, 0.15) is 78.0 Å². The van der Waals surface area contributed by atoms with E-state index in [4.69, 9.17) is 9.16 Å². The maximum Gasteiger partial charge on any atom is 0.410 e. The number of aryl methyl sites for hydroxylation is 1. The molecule has 1 amide bonds. The number of benzene rings is 1. The number of likely N-dealkylation sites (tertiary alicyclic amines) is 1. The minimum absolute atomic E-state index is 0.151. The normalized spacial score (nSPS) is 18.7. The maximum atomic E-state index is 14.1. The minimum Gasteiger partial charge on any atom is -0.444 e. The zero-order valence-electron chi connectivity index (χ0n) is 21.1. The van der Waals surface area contributed by atoms with Crippen molar-refractivity contribution in [2.24, 2.45) is 0 Å². The first kappa shape index (κ1) is 26.8. The van der Waals surface area contributed by atoms with Crippen LogP contribution in [0.3, 0.4) is 0 Å². The average molecular weight is 468 g/mol. The third kappa shape index (κ3) is 7.03. The molecule has 2 rings (SSSR count). The van der Waals surface area contributed by atoms with Crippen LogP contribution in [0.15, 0.2) is 18.2 Å². The molecule has 32 heavy (non-hydrogen) atoms. The highest BCUT2D eigenvalue weighted by molar-refractivity contribution is 6.74. The Kier molecular flexibility index (Phi) is 8.56.